The molecule has 0 amide bonds. The van der Waals surface area contributed by atoms with E-state index in [1.807, 2.05) is 6.92 Å². The zero-order valence-electron chi connectivity index (χ0n) is 8.29. The van der Waals surface area contributed by atoms with Gasteiger partial charge in [0.05, 0.1) is 5.92 Å². The summed E-state index contributed by atoms with van der Waals surface area (Å²) in [5, 5.41) is 8.85. The molecule has 1 aromatic carbocycles. The fraction of sp³-hybridized carbons (Fsp3) is 0.364. The lowest BCUT2D eigenvalue weighted by Crippen LogP contribution is -2.28. The number of fused-ring (bicyclic) bond motifs is 1. The molecule has 0 aromatic heterocycles. The van der Waals surface area contributed by atoms with Crippen molar-refractivity contribution in [3.05, 3.63) is 29.1 Å². The number of aryl methyl sites for hydroxylation is 1. The number of hydrogen-bond acceptors (Lipinski definition) is 2. The molecule has 1 heterocycles. The van der Waals surface area contributed by atoms with Gasteiger partial charge in [0.15, 0.2) is 11.6 Å². The molecule has 0 bridgehead atoms. The summed E-state index contributed by atoms with van der Waals surface area (Å²) in [6, 6.07) is 2.98. The average Bonchev–Trinajstić information content (AvgIpc) is 2.23. The Labute approximate surface area is 86.5 Å². The second-order valence-corrected chi connectivity index (χ2v) is 3.72. The lowest BCUT2D eigenvalue weighted by molar-refractivity contribution is -0.143. The van der Waals surface area contributed by atoms with Crippen molar-refractivity contribution in [1.29, 1.82) is 0 Å². The maximum absolute atomic E-state index is 13.3. The van der Waals surface area contributed by atoms with Crippen LogP contribution >= 0.6 is 0 Å². The zero-order valence-corrected chi connectivity index (χ0v) is 8.29. The van der Waals surface area contributed by atoms with Crippen LogP contribution in [0, 0.1) is 18.7 Å². The number of ether oxygens (including phenoxy) is 1. The van der Waals surface area contributed by atoms with E-state index in [0.29, 0.717) is 12.0 Å². The van der Waals surface area contributed by atoms with Crippen molar-refractivity contribution in [3.63, 3.8) is 0 Å². The van der Waals surface area contributed by atoms with Gasteiger partial charge in [-0.25, -0.2) is 4.39 Å². The molecule has 1 aliphatic heterocycles. The molecule has 15 heavy (non-hydrogen) atoms. The Morgan fingerprint density at radius 2 is 2.33 bits per heavy atom. The maximum Gasteiger partial charge on any atom is 0.310 e. The molecule has 0 radical (unpaired) electrons. The van der Waals surface area contributed by atoms with E-state index in [-0.39, 0.29) is 12.4 Å². The van der Waals surface area contributed by atoms with Crippen LogP contribution in [-0.4, -0.2) is 17.7 Å². The average molecular weight is 210 g/mol. The van der Waals surface area contributed by atoms with Crippen molar-refractivity contribution < 1.29 is 19.0 Å². The molecule has 1 aromatic rings. The van der Waals surface area contributed by atoms with E-state index < -0.39 is 17.7 Å². The lowest BCUT2D eigenvalue weighted by atomic mass is 9.93. The van der Waals surface area contributed by atoms with Gasteiger partial charge in [0.1, 0.15) is 6.61 Å². The predicted octanol–water partition coefficient (Wildman–Crippen LogP) is 1.77. The smallest absolute Gasteiger partial charge is 0.310 e. The number of halogens is 1. The molecule has 3 nitrogen and oxygen atoms in total. The minimum Gasteiger partial charge on any atom is -0.489 e. The number of hydrogen-bond donors (Lipinski definition) is 1. The zero-order chi connectivity index (χ0) is 11.0. The first kappa shape index (κ1) is 9.96. The van der Waals surface area contributed by atoms with Gasteiger partial charge in [0.25, 0.3) is 0 Å². The number of rotatable bonds is 1. The summed E-state index contributed by atoms with van der Waals surface area (Å²) in [6.07, 6.45) is 0.342. The molecule has 1 aliphatic rings. The highest BCUT2D eigenvalue weighted by atomic mass is 19.1. The Bertz CT molecular complexity index is 415. The summed E-state index contributed by atoms with van der Waals surface area (Å²) >= 11 is 0. The van der Waals surface area contributed by atoms with E-state index in [2.05, 4.69) is 0 Å². The Balaban J connectivity index is 2.41. The van der Waals surface area contributed by atoms with E-state index in [9.17, 15) is 9.18 Å². The summed E-state index contributed by atoms with van der Waals surface area (Å²) in [6.45, 7) is 1.87. The first-order valence-corrected chi connectivity index (χ1v) is 4.73. The second-order valence-electron chi connectivity index (χ2n) is 3.72. The standard InChI is InChI=1S/C11H11FO3/c1-6-2-3-9(12)10-8(6)4-7(5-15-10)11(13)14/h2-3,7H,4-5H2,1H3,(H,13,14)/t7-/m0/s1. The van der Waals surface area contributed by atoms with E-state index >= 15 is 0 Å². The van der Waals surface area contributed by atoms with Gasteiger partial charge < -0.3 is 9.84 Å². The molecular weight excluding hydrogens is 199 g/mol. The highest BCUT2D eigenvalue weighted by Crippen LogP contribution is 2.32. The van der Waals surface area contributed by atoms with Crippen LogP contribution in [0.2, 0.25) is 0 Å². The Morgan fingerprint density at radius 3 is 3.00 bits per heavy atom. The van der Waals surface area contributed by atoms with E-state index in [1.165, 1.54) is 6.07 Å². The molecule has 0 spiro atoms. The van der Waals surface area contributed by atoms with Gasteiger partial charge in [0, 0.05) is 5.56 Å². The van der Waals surface area contributed by atoms with Crippen LogP contribution in [0.3, 0.4) is 0 Å². The molecule has 0 saturated heterocycles. The van der Waals surface area contributed by atoms with E-state index in [1.54, 1.807) is 6.07 Å². The topological polar surface area (TPSA) is 46.5 Å². The van der Waals surface area contributed by atoms with Crippen molar-refractivity contribution in [3.8, 4) is 5.75 Å². The van der Waals surface area contributed by atoms with Gasteiger partial charge in [-0.15, -0.1) is 0 Å². The first-order chi connectivity index (χ1) is 7.09. The molecule has 0 fully saturated rings. The van der Waals surface area contributed by atoms with Crippen LogP contribution in [0.5, 0.6) is 5.75 Å². The van der Waals surface area contributed by atoms with Crippen LogP contribution in [0.4, 0.5) is 4.39 Å². The molecule has 0 aliphatic carbocycles. The summed E-state index contributed by atoms with van der Waals surface area (Å²) in [7, 11) is 0. The van der Waals surface area contributed by atoms with Crippen LogP contribution in [0.25, 0.3) is 0 Å². The Morgan fingerprint density at radius 1 is 1.60 bits per heavy atom. The number of carbonyl (C=O) groups is 1. The van der Waals surface area contributed by atoms with Crippen LogP contribution < -0.4 is 4.74 Å². The second kappa shape index (κ2) is 3.53. The molecule has 0 saturated carbocycles. The SMILES string of the molecule is Cc1ccc(F)c2c1C[C@H](C(=O)O)CO2. The van der Waals surface area contributed by atoms with Gasteiger partial charge in [0.2, 0.25) is 0 Å². The van der Waals surface area contributed by atoms with Crippen molar-refractivity contribution in [2.24, 2.45) is 5.92 Å². The van der Waals surface area contributed by atoms with Gasteiger partial charge in [-0.2, -0.15) is 0 Å². The summed E-state index contributed by atoms with van der Waals surface area (Å²) in [5.41, 5.74) is 1.55. The Kier molecular flexibility index (Phi) is 2.34. The van der Waals surface area contributed by atoms with E-state index in [4.69, 9.17) is 9.84 Å². The van der Waals surface area contributed by atoms with Gasteiger partial charge in [-0.1, -0.05) is 6.07 Å². The van der Waals surface area contributed by atoms with E-state index in [0.717, 1.165) is 5.56 Å². The minimum absolute atomic E-state index is 0.0444. The van der Waals surface area contributed by atoms with Crippen molar-refractivity contribution in [2.75, 3.05) is 6.61 Å². The monoisotopic (exact) mass is 210 g/mol. The van der Waals surface area contributed by atoms with Gasteiger partial charge >= 0.3 is 5.97 Å². The van der Waals surface area contributed by atoms with Gasteiger partial charge in [-0.05, 0) is 25.0 Å². The third kappa shape index (κ3) is 1.67. The molecule has 1 N–H and O–H groups in total. The van der Waals surface area contributed by atoms with Crippen molar-refractivity contribution in [1.82, 2.24) is 0 Å². The van der Waals surface area contributed by atoms with Crippen molar-refractivity contribution >= 4 is 5.97 Å². The molecule has 1 atom stereocenters. The highest BCUT2D eigenvalue weighted by Gasteiger charge is 2.28. The normalized spacial score (nSPS) is 19.2. The van der Waals surface area contributed by atoms with Crippen molar-refractivity contribution in [2.45, 2.75) is 13.3 Å². The third-order valence-corrected chi connectivity index (χ3v) is 2.68. The number of aliphatic carboxylic acids is 1. The Hall–Kier alpha value is -1.58. The van der Waals surface area contributed by atoms with Crippen LogP contribution in [0.1, 0.15) is 11.1 Å². The van der Waals surface area contributed by atoms with Gasteiger partial charge in [-0.3, -0.25) is 4.79 Å². The molecule has 0 unspecified atom stereocenters. The number of carboxylic acid groups (broad SMARTS) is 1. The first-order valence-electron chi connectivity index (χ1n) is 4.73. The predicted molar refractivity (Wildman–Crippen MR) is 51.5 cm³/mol. The fourth-order valence-corrected chi connectivity index (χ4v) is 1.76. The summed E-state index contributed by atoms with van der Waals surface area (Å²) < 4.78 is 18.5. The van der Waals surface area contributed by atoms with Crippen LogP contribution in [0.15, 0.2) is 12.1 Å². The van der Waals surface area contributed by atoms with Crippen LogP contribution in [-0.2, 0) is 11.2 Å². The minimum atomic E-state index is -0.899. The maximum atomic E-state index is 13.3. The fourth-order valence-electron chi connectivity index (χ4n) is 1.76. The molecular formula is C11H11FO3. The third-order valence-electron chi connectivity index (χ3n) is 2.68. The molecule has 4 heteroatoms. The molecule has 2 rings (SSSR count). The summed E-state index contributed by atoms with van der Waals surface area (Å²) in [5.74, 6) is -1.67. The largest absolute Gasteiger partial charge is 0.489 e. The molecule has 80 valence electrons. The highest BCUT2D eigenvalue weighted by molar-refractivity contribution is 5.71. The number of benzene rings is 1. The number of carboxylic acids is 1. The quantitative estimate of drug-likeness (QED) is 0.768. The lowest BCUT2D eigenvalue weighted by Gasteiger charge is -2.24. The summed E-state index contributed by atoms with van der Waals surface area (Å²) in [4.78, 5) is 10.8.